The summed E-state index contributed by atoms with van der Waals surface area (Å²) in [6.07, 6.45) is -3.31. The third kappa shape index (κ3) is 5.61. The lowest BCUT2D eigenvalue weighted by molar-refractivity contribution is -0.172. The Kier molecular flexibility index (Phi) is 6.95. The van der Waals surface area contributed by atoms with Gasteiger partial charge in [-0.05, 0) is 11.1 Å². The van der Waals surface area contributed by atoms with E-state index in [0.29, 0.717) is 13.2 Å². The van der Waals surface area contributed by atoms with Crippen LogP contribution in [-0.2, 0) is 37.0 Å². The lowest BCUT2D eigenvalue weighted by Gasteiger charge is -2.23. The maximum absolute atomic E-state index is 11.4. The van der Waals surface area contributed by atoms with Crippen LogP contribution in [0.25, 0.3) is 0 Å². The molecule has 0 aliphatic carbocycles. The molecule has 1 fully saturated rings. The van der Waals surface area contributed by atoms with Gasteiger partial charge in [-0.15, -0.1) is 0 Å². The smallest absolute Gasteiger partial charge is 0.303 e. The molecule has 0 saturated carbocycles. The summed E-state index contributed by atoms with van der Waals surface area (Å²) in [4.78, 5) is 11.4. The van der Waals surface area contributed by atoms with Crippen molar-refractivity contribution < 1.29 is 28.8 Å². The van der Waals surface area contributed by atoms with Crippen LogP contribution in [0.2, 0.25) is 0 Å². The van der Waals surface area contributed by atoms with E-state index in [4.69, 9.17) is 18.9 Å². The van der Waals surface area contributed by atoms with Gasteiger partial charge in [0.2, 0.25) is 0 Å². The summed E-state index contributed by atoms with van der Waals surface area (Å²) in [5.41, 5.74) is 2.01. The van der Waals surface area contributed by atoms with Crippen LogP contribution in [0.4, 0.5) is 0 Å². The summed E-state index contributed by atoms with van der Waals surface area (Å²) >= 11 is 0. The van der Waals surface area contributed by atoms with Crippen molar-refractivity contribution in [2.24, 2.45) is 0 Å². The molecule has 0 radical (unpaired) electrons. The molecule has 1 heterocycles. The number of ether oxygens (including phenoxy) is 4. The molecule has 144 valence electrons. The van der Waals surface area contributed by atoms with Gasteiger partial charge in [0.05, 0.1) is 19.8 Å². The molecule has 3 rings (SSSR count). The fraction of sp³-hybridized carbons (Fsp3) is 0.381. The lowest BCUT2D eigenvalue weighted by atomic mass is 10.1. The average Bonchev–Trinajstić information content (AvgIpc) is 2.96. The highest BCUT2D eigenvalue weighted by Gasteiger charge is 2.47. The van der Waals surface area contributed by atoms with E-state index in [1.165, 1.54) is 6.92 Å². The zero-order chi connectivity index (χ0) is 19.1. The second-order valence-corrected chi connectivity index (χ2v) is 6.40. The van der Waals surface area contributed by atoms with Crippen LogP contribution in [0.1, 0.15) is 18.1 Å². The molecule has 0 aromatic heterocycles. The molecule has 2 aromatic carbocycles. The van der Waals surface area contributed by atoms with Crippen LogP contribution < -0.4 is 0 Å². The summed E-state index contributed by atoms with van der Waals surface area (Å²) in [6.45, 7) is 2.23. The predicted octanol–water partition coefficient (Wildman–Crippen LogP) is 2.44. The number of carbonyl (C=O) groups is 1. The minimum Gasteiger partial charge on any atom is -0.454 e. The highest BCUT2D eigenvalue weighted by molar-refractivity contribution is 5.66. The Morgan fingerprint density at radius 1 is 0.963 bits per heavy atom. The molecule has 0 bridgehead atoms. The third-order valence-electron chi connectivity index (χ3n) is 4.27. The first kappa shape index (κ1) is 19.5. The number of esters is 1. The van der Waals surface area contributed by atoms with E-state index in [1.807, 2.05) is 60.7 Å². The molecular formula is C21H24O6. The minimum atomic E-state index is -1.25. The van der Waals surface area contributed by atoms with Gasteiger partial charge < -0.3 is 24.1 Å². The first-order valence-electron chi connectivity index (χ1n) is 8.91. The van der Waals surface area contributed by atoms with Crippen molar-refractivity contribution >= 4 is 5.97 Å². The Bertz CT molecular complexity index is 705. The van der Waals surface area contributed by atoms with Crippen LogP contribution in [0.5, 0.6) is 0 Å². The van der Waals surface area contributed by atoms with Gasteiger partial charge in [-0.25, -0.2) is 0 Å². The Morgan fingerprint density at radius 3 is 2.15 bits per heavy atom. The third-order valence-corrected chi connectivity index (χ3v) is 4.27. The van der Waals surface area contributed by atoms with Gasteiger partial charge in [0.15, 0.2) is 12.4 Å². The van der Waals surface area contributed by atoms with Gasteiger partial charge in [0.25, 0.3) is 0 Å². The van der Waals surface area contributed by atoms with Crippen LogP contribution in [0.3, 0.4) is 0 Å². The fourth-order valence-electron chi connectivity index (χ4n) is 2.99. The largest absolute Gasteiger partial charge is 0.454 e. The maximum Gasteiger partial charge on any atom is 0.303 e. The number of hydrogen-bond donors (Lipinski definition) is 1. The minimum absolute atomic E-state index is 0.211. The van der Waals surface area contributed by atoms with Gasteiger partial charge in [-0.2, -0.15) is 0 Å². The van der Waals surface area contributed by atoms with Crippen LogP contribution >= 0.6 is 0 Å². The number of carbonyl (C=O) groups excluding carboxylic acids is 1. The first-order chi connectivity index (χ1) is 13.1. The Labute approximate surface area is 158 Å². The molecule has 1 N–H and O–H groups in total. The van der Waals surface area contributed by atoms with E-state index in [-0.39, 0.29) is 6.61 Å². The highest BCUT2D eigenvalue weighted by atomic mass is 16.7. The van der Waals surface area contributed by atoms with Crippen molar-refractivity contribution in [3.05, 3.63) is 71.8 Å². The summed E-state index contributed by atoms with van der Waals surface area (Å²) in [5.74, 6) is -0.498. The molecule has 6 nitrogen and oxygen atoms in total. The van der Waals surface area contributed by atoms with Gasteiger partial charge in [-0.1, -0.05) is 60.7 Å². The zero-order valence-electron chi connectivity index (χ0n) is 15.2. The Morgan fingerprint density at radius 2 is 1.56 bits per heavy atom. The number of rotatable bonds is 8. The second kappa shape index (κ2) is 9.62. The summed E-state index contributed by atoms with van der Waals surface area (Å²) in [7, 11) is 0. The Hall–Kier alpha value is -2.25. The van der Waals surface area contributed by atoms with Gasteiger partial charge >= 0.3 is 5.97 Å². The standard InChI is InChI=1S/C21H24O6/c1-15(22)26-20-19(25-13-17-10-6-3-7-11-17)18(27-21(20)23)14-24-12-16-8-4-2-5-9-16/h2-11,18-21,23H,12-14H2,1H3/t18-,19-,20-,21+/m1/s1. The lowest BCUT2D eigenvalue weighted by Crippen LogP contribution is -2.40. The molecule has 1 aliphatic heterocycles. The molecule has 2 aromatic rings. The quantitative estimate of drug-likeness (QED) is 0.718. The van der Waals surface area contributed by atoms with E-state index < -0.39 is 30.6 Å². The van der Waals surface area contributed by atoms with Crippen molar-refractivity contribution in [3.63, 3.8) is 0 Å². The summed E-state index contributed by atoms with van der Waals surface area (Å²) in [5, 5.41) is 10.2. The Balaban J connectivity index is 1.61. The SMILES string of the molecule is CC(=O)O[C@@H]1[C@H](OCc2ccccc2)[C@@H](COCc2ccccc2)O[C@@H]1O. The maximum atomic E-state index is 11.4. The predicted molar refractivity (Wildman–Crippen MR) is 97.6 cm³/mol. The summed E-state index contributed by atoms with van der Waals surface area (Å²) in [6, 6.07) is 19.4. The van der Waals surface area contributed by atoms with Crippen molar-refractivity contribution in [2.75, 3.05) is 6.61 Å². The van der Waals surface area contributed by atoms with Crippen LogP contribution in [0, 0.1) is 0 Å². The molecule has 0 spiro atoms. The number of benzene rings is 2. The molecule has 0 amide bonds. The number of aliphatic hydroxyl groups is 1. The monoisotopic (exact) mass is 372 g/mol. The number of aliphatic hydroxyl groups excluding tert-OH is 1. The van der Waals surface area contributed by atoms with Gasteiger partial charge in [-0.3, -0.25) is 4.79 Å². The highest BCUT2D eigenvalue weighted by Crippen LogP contribution is 2.27. The van der Waals surface area contributed by atoms with E-state index in [0.717, 1.165) is 11.1 Å². The molecule has 4 atom stereocenters. The number of hydrogen-bond acceptors (Lipinski definition) is 6. The van der Waals surface area contributed by atoms with Crippen molar-refractivity contribution in [1.82, 2.24) is 0 Å². The van der Waals surface area contributed by atoms with Crippen LogP contribution in [0.15, 0.2) is 60.7 Å². The molecule has 1 saturated heterocycles. The van der Waals surface area contributed by atoms with Crippen molar-refractivity contribution in [2.45, 2.75) is 44.7 Å². The first-order valence-corrected chi connectivity index (χ1v) is 8.91. The molecule has 6 heteroatoms. The average molecular weight is 372 g/mol. The van der Waals surface area contributed by atoms with E-state index in [9.17, 15) is 9.90 Å². The zero-order valence-corrected chi connectivity index (χ0v) is 15.2. The fourth-order valence-corrected chi connectivity index (χ4v) is 2.99. The topological polar surface area (TPSA) is 74.2 Å². The molecule has 27 heavy (non-hydrogen) atoms. The second-order valence-electron chi connectivity index (χ2n) is 6.40. The molecular weight excluding hydrogens is 348 g/mol. The van der Waals surface area contributed by atoms with E-state index in [1.54, 1.807) is 0 Å². The van der Waals surface area contributed by atoms with Crippen molar-refractivity contribution in [3.8, 4) is 0 Å². The molecule has 1 aliphatic rings. The van der Waals surface area contributed by atoms with Crippen molar-refractivity contribution in [1.29, 1.82) is 0 Å². The summed E-state index contributed by atoms with van der Waals surface area (Å²) < 4.78 is 22.4. The van der Waals surface area contributed by atoms with Crippen LogP contribution in [-0.4, -0.2) is 42.3 Å². The normalized spacial score (nSPS) is 24.7. The van der Waals surface area contributed by atoms with E-state index >= 15 is 0 Å². The molecule has 0 unspecified atom stereocenters. The van der Waals surface area contributed by atoms with Gasteiger partial charge in [0.1, 0.15) is 12.2 Å². The van der Waals surface area contributed by atoms with E-state index in [2.05, 4.69) is 0 Å². The van der Waals surface area contributed by atoms with Gasteiger partial charge in [0, 0.05) is 6.92 Å².